The fourth-order valence-corrected chi connectivity index (χ4v) is 3.58. The zero-order chi connectivity index (χ0) is 18.7. The summed E-state index contributed by atoms with van der Waals surface area (Å²) < 4.78 is 0. The number of carbonyl (C=O) groups is 2. The van der Waals surface area contributed by atoms with Gasteiger partial charge in [0.1, 0.15) is 5.56 Å². The first-order valence-electron chi connectivity index (χ1n) is 9.11. The highest BCUT2D eigenvalue weighted by atomic mass is 16.6. The van der Waals surface area contributed by atoms with Crippen LogP contribution in [-0.4, -0.2) is 65.8 Å². The molecule has 1 aromatic rings. The predicted octanol–water partition coefficient (Wildman–Crippen LogP) is 1.89. The molecule has 2 heterocycles. The number of hydrogen-bond donors (Lipinski definition) is 0. The molecule has 0 saturated carbocycles. The molecular formula is C18H24N4O4. The molecule has 26 heavy (non-hydrogen) atoms. The minimum Gasteiger partial charge on any atom is -0.368 e. The Balaban J connectivity index is 1.81. The molecule has 0 bridgehead atoms. The fraction of sp³-hybridized carbons (Fsp3) is 0.556. The Morgan fingerprint density at radius 2 is 1.69 bits per heavy atom. The molecule has 2 saturated heterocycles. The molecule has 2 aliphatic heterocycles. The highest BCUT2D eigenvalue weighted by molar-refractivity contribution is 5.99. The molecule has 0 radical (unpaired) electrons. The van der Waals surface area contributed by atoms with Crippen molar-refractivity contribution in [2.24, 2.45) is 0 Å². The van der Waals surface area contributed by atoms with Crippen LogP contribution in [-0.2, 0) is 4.79 Å². The summed E-state index contributed by atoms with van der Waals surface area (Å²) in [4.78, 5) is 41.0. The van der Waals surface area contributed by atoms with Crippen molar-refractivity contribution in [2.75, 3.05) is 44.2 Å². The molecule has 2 amide bonds. The van der Waals surface area contributed by atoms with Crippen LogP contribution in [0.2, 0.25) is 0 Å². The summed E-state index contributed by atoms with van der Waals surface area (Å²) >= 11 is 0. The number of hydrogen-bond acceptors (Lipinski definition) is 5. The first-order valence-corrected chi connectivity index (χ1v) is 9.11. The molecule has 0 aliphatic carbocycles. The Kier molecular flexibility index (Phi) is 5.39. The largest absolute Gasteiger partial charge is 0.368 e. The van der Waals surface area contributed by atoms with Gasteiger partial charge in [-0.2, -0.15) is 0 Å². The third-order valence-corrected chi connectivity index (χ3v) is 5.10. The van der Waals surface area contributed by atoms with Gasteiger partial charge in [-0.25, -0.2) is 0 Å². The van der Waals surface area contributed by atoms with Crippen molar-refractivity contribution in [1.29, 1.82) is 0 Å². The molecule has 0 unspecified atom stereocenters. The van der Waals surface area contributed by atoms with Crippen LogP contribution < -0.4 is 4.90 Å². The van der Waals surface area contributed by atoms with E-state index in [-0.39, 0.29) is 23.1 Å². The highest BCUT2D eigenvalue weighted by Crippen LogP contribution is 2.28. The second-order valence-corrected chi connectivity index (χ2v) is 6.68. The van der Waals surface area contributed by atoms with E-state index in [1.807, 2.05) is 11.8 Å². The lowest BCUT2D eigenvalue weighted by Crippen LogP contribution is -2.48. The van der Waals surface area contributed by atoms with Gasteiger partial charge >= 0.3 is 0 Å². The lowest BCUT2D eigenvalue weighted by molar-refractivity contribution is -0.385. The van der Waals surface area contributed by atoms with Gasteiger partial charge in [-0.05, 0) is 25.0 Å². The summed E-state index contributed by atoms with van der Waals surface area (Å²) in [6.45, 7) is 5.71. The second-order valence-electron chi connectivity index (χ2n) is 6.68. The van der Waals surface area contributed by atoms with Gasteiger partial charge in [-0.1, -0.05) is 6.92 Å². The van der Waals surface area contributed by atoms with Crippen molar-refractivity contribution in [3.63, 3.8) is 0 Å². The summed E-state index contributed by atoms with van der Waals surface area (Å²) in [7, 11) is 0. The first-order chi connectivity index (χ1) is 12.5. The van der Waals surface area contributed by atoms with Crippen molar-refractivity contribution >= 4 is 23.2 Å². The molecule has 1 aromatic carbocycles. The molecule has 2 fully saturated rings. The van der Waals surface area contributed by atoms with Crippen LogP contribution >= 0.6 is 0 Å². The van der Waals surface area contributed by atoms with Gasteiger partial charge in [0.05, 0.1) is 4.92 Å². The maximum absolute atomic E-state index is 12.7. The lowest BCUT2D eigenvalue weighted by atomic mass is 10.1. The van der Waals surface area contributed by atoms with Gasteiger partial charge < -0.3 is 14.7 Å². The van der Waals surface area contributed by atoms with Gasteiger partial charge in [0.2, 0.25) is 5.91 Å². The van der Waals surface area contributed by atoms with E-state index in [2.05, 4.69) is 4.90 Å². The number of nitro groups is 1. The number of rotatable bonds is 4. The average molecular weight is 360 g/mol. The van der Waals surface area contributed by atoms with Crippen LogP contribution in [0.1, 0.15) is 36.5 Å². The van der Waals surface area contributed by atoms with E-state index in [9.17, 15) is 19.7 Å². The maximum atomic E-state index is 12.7. The third-order valence-electron chi connectivity index (χ3n) is 5.10. The summed E-state index contributed by atoms with van der Waals surface area (Å²) in [5, 5.41) is 11.4. The highest BCUT2D eigenvalue weighted by Gasteiger charge is 2.28. The molecular weight excluding hydrogens is 336 g/mol. The van der Waals surface area contributed by atoms with E-state index in [1.165, 1.54) is 6.07 Å². The van der Waals surface area contributed by atoms with Crippen LogP contribution in [0, 0.1) is 10.1 Å². The Morgan fingerprint density at radius 1 is 1.04 bits per heavy atom. The minimum atomic E-state index is -0.495. The van der Waals surface area contributed by atoms with E-state index in [4.69, 9.17) is 0 Å². The number of nitro benzene ring substituents is 1. The van der Waals surface area contributed by atoms with Crippen LogP contribution in [0.5, 0.6) is 0 Å². The van der Waals surface area contributed by atoms with Gasteiger partial charge in [-0.15, -0.1) is 0 Å². The van der Waals surface area contributed by atoms with E-state index in [1.54, 1.807) is 17.0 Å². The van der Waals surface area contributed by atoms with Crippen molar-refractivity contribution in [1.82, 2.24) is 9.80 Å². The lowest BCUT2D eigenvalue weighted by Gasteiger charge is -2.36. The van der Waals surface area contributed by atoms with E-state index in [0.717, 1.165) is 18.5 Å². The quantitative estimate of drug-likeness (QED) is 0.604. The van der Waals surface area contributed by atoms with Crippen LogP contribution in [0.15, 0.2) is 18.2 Å². The maximum Gasteiger partial charge on any atom is 0.282 e. The summed E-state index contributed by atoms with van der Waals surface area (Å²) in [6.07, 6.45) is 2.37. The summed E-state index contributed by atoms with van der Waals surface area (Å²) in [6, 6.07) is 4.74. The van der Waals surface area contributed by atoms with Crippen molar-refractivity contribution in [3.8, 4) is 0 Å². The number of piperazine rings is 1. The summed E-state index contributed by atoms with van der Waals surface area (Å²) in [5.74, 6) is -0.130. The predicted molar refractivity (Wildman–Crippen MR) is 97.3 cm³/mol. The van der Waals surface area contributed by atoms with Crippen LogP contribution in [0.25, 0.3) is 0 Å². The topological polar surface area (TPSA) is 87.0 Å². The standard InChI is InChI=1S/C18H24N4O4/c1-2-17(23)20-11-9-19(10-12-20)14-5-6-16(22(25)26)15(13-14)18(24)21-7-3-4-8-21/h5-6,13H,2-4,7-12H2,1H3. The molecule has 8 nitrogen and oxygen atoms in total. The molecule has 8 heteroatoms. The zero-order valence-corrected chi connectivity index (χ0v) is 15.0. The van der Waals surface area contributed by atoms with Gasteiger partial charge in [-0.3, -0.25) is 19.7 Å². The Bertz CT molecular complexity index is 707. The molecule has 0 aromatic heterocycles. The van der Waals surface area contributed by atoms with Crippen molar-refractivity contribution < 1.29 is 14.5 Å². The fourth-order valence-electron chi connectivity index (χ4n) is 3.58. The van der Waals surface area contributed by atoms with E-state index in [0.29, 0.717) is 45.7 Å². The summed E-state index contributed by atoms with van der Waals surface area (Å²) in [5.41, 5.74) is 0.800. The Hall–Kier alpha value is -2.64. The zero-order valence-electron chi connectivity index (χ0n) is 15.0. The van der Waals surface area contributed by atoms with Crippen molar-refractivity contribution in [3.05, 3.63) is 33.9 Å². The number of nitrogens with zero attached hydrogens (tertiary/aromatic N) is 4. The second kappa shape index (κ2) is 7.72. The smallest absolute Gasteiger partial charge is 0.282 e. The average Bonchev–Trinajstić information content (AvgIpc) is 3.21. The van der Waals surface area contributed by atoms with Crippen molar-refractivity contribution in [2.45, 2.75) is 26.2 Å². The monoisotopic (exact) mass is 360 g/mol. The van der Waals surface area contributed by atoms with Crippen LogP contribution in [0.3, 0.4) is 0 Å². The number of carbonyl (C=O) groups excluding carboxylic acids is 2. The first kappa shape index (κ1) is 18.2. The molecule has 0 N–H and O–H groups in total. The molecule has 2 aliphatic rings. The number of amides is 2. The van der Waals surface area contributed by atoms with E-state index >= 15 is 0 Å². The van der Waals surface area contributed by atoms with Crippen LogP contribution in [0.4, 0.5) is 11.4 Å². The van der Waals surface area contributed by atoms with Gasteiger partial charge in [0, 0.05) is 57.4 Å². The normalized spacial score (nSPS) is 17.5. The third kappa shape index (κ3) is 3.63. The SMILES string of the molecule is CCC(=O)N1CCN(c2ccc([N+](=O)[O-])c(C(=O)N3CCCC3)c2)CC1. The molecule has 0 atom stereocenters. The number of likely N-dealkylation sites (tertiary alicyclic amines) is 1. The molecule has 3 rings (SSSR count). The Morgan fingerprint density at radius 3 is 2.27 bits per heavy atom. The number of benzene rings is 1. The Labute approximate surface area is 152 Å². The number of anilines is 1. The minimum absolute atomic E-state index is 0.137. The van der Waals surface area contributed by atoms with Gasteiger partial charge in [0.25, 0.3) is 11.6 Å². The molecule has 140 valence electrons. The molecule has 0 spiro atoms. The van der Waals surface area contributed by atoms with Gasteiger partial charge in [0.15, 0.2) is 0 Å². The van der Waals surface area contributed by atoms with E-state index < -0.39 is 4.92 Å².